The van der Waals surface area contributed by atoms with Crippen LogP contribution in [0.5, 0.6) is 5.75 Å². The molecule has 5 heteroatoms. The molecular formula is C14H23ClN2O2. The second kappa shape index (κ2) is 9.64. The Hall–Kier alpha value is -1.26. The van der Waals surface area contributed by atoms with E-state index in [4.69, 9.17) is 4.74 Å². The van der Waals surface area contributed by atoms with Crippen molar-refractivity contribution < 1.29 is 9.53 Å². The van der Waals surface area contributed by atoms with Crippen LogP contribution in [-0.4, -0.2) is 25.6 Å². The number of halogens is 1. The number of hydrogen-bond acceptors (Lipinski definition) is 3. The van der Waals surface area contributed by atoms with Gasteiger partial charge in [-0.3, -0.25) is 4.79 Å². The number of nitrogens with one attached hydrogen (secondary N) is 2. The summed E-state index contributed by atoms with van der Waals surface area (Å²) in [6.07, 6.45) is 1.66. The van der Waals surface area contributed by atoms with Crippen molar-refractivity contribution in [2.24, 2.45) is 0 Å². The van der Waals surface area contributed by atoms with Crippen LogP contribution in [0.3, 0.4) is 0 Å². The van der Waals surface area contributed by atoms with Crippen molar-refractivity contribution >= 4 is 24.0 Å². The van der Waals surface area contributed by atoms with Crippen LogP contribution in [-0.2, 0) is 4.79 Å². The topological polar surface area (TPSA) is 50.4 Å². The minimum atomic E-state index is 0. The third-order valence-corrected chi connectivity index (χ3v) is 2.65. The van der Waals surface area contributed by atoms with Crippen LogP contribution in [0.1, 0.15) is 26.7 Å². The van der Waals surface area contributed by atoms with E-state index in [9.17, 15) is 4.79 Å². The first-order chi connectivity index (χ1) is 8.65. The van der Waals surface area contributed by atoms with Gasteiger partial charge < -0.3 is 15.4 Å². The van der Waals surface area contributed by atoms with Gasteiger partial charge in [-0.05, 0) is 44.7 Å². The van der Waals surface area contributed by atoms with Crippen LogP contribution in [0.25, 0.3) is 0 Å². The Bertz CT molecular complexity index is 368. The predicted octanol–water partition coefficient (Wildman–Crippen LogP) is 2.83. The summed E-state index contributed by atoms with van der Waals surface area (Å²) < 4.78 is 5.67. The third-order valence-electron chi connectivity index (χ3n) is 2.65. The molecule has 2 N–H and O–H groups in total. The maximum atomic E-state index is 11.5. The van der Waals surface area contributed by atoms with Crippen molar-refractivity contribution in [3.63, 3.8) is 0 Å². The molecule has 0 bridgehead atoms. The summed E-state index contributed by atoms with van der Waals surface area (Å²) >= 11 is 0. The number of carbonyl (C=O) groups excluding carboxylic acids is 1. The first-order valence-corrected chi connectivity index (χ1v) is 6.37. The third kappa shape index (κ3) is 7.03. The smallest absolute Gasteiger partial charge is 0.225 e. The van der Waals surface area contributed by atoms with E-state index in [2.05, 4.69) is 17.6 Å². The highest BCUT2D eigenvalue weighted by Crippen LogP contribution is 2.17. The fourth-order valence-corrected chi connectivity index (χ4v) is 1.39. The number of anilines is 1. The van der Waals surface area contributed by atoms with Crippen LogP contribution in [0, 0.1) is 0 Å². The fraction of sp³-hybridized carbons (Fsp3) is 0.500. The maximum Gasteiger partial charge on any atom is 0.225 e. The van der Waals surface area contributed by atoms with Gasteiger partial charge in [0.15, 0.2) is 0 Å². The second-order valence-corrected chi connectivity index (χ2v) is 4.26. The fourth-order valence-electron chi connectivity index (χ4n) is 1.39. The first-order valence-electron chi connectivity index (χ1n) is 6.37. The van der Waals surface area contributed by atoms with Gasteiger partial charge in [-0.2, -0.15) is 0 Å². The Labute approximate surface area is 121 Å². The summed E-state index contributed by atoms with van der Waals surface area (Å²) in [7, 11) is 1.83. The Morgan fingerprint density at radius 1 is 1.32 bits per heavy atom. The van der Waals surface area contributed by atoms with Gasteiger partial charge in [-0.25, -0.2) is 0 Å². The molecule has 0 aliphatic heterocycles. The number of ether oxygens (including phenoxy) is 1. The zero-order chi connectivity index (χ0) is 13.4. The molecule has 1 amide bonds. The van der Waals surface area contributed by atoms with Gasteiger partial charge in [0, 0.05) is 18.7 Å². The maximum absolute atomic E-state index is 11.5. The quantitative estimate of drug-likeness (QED) is 0.810. The summed E-state index contributed by atoms with van der Waals surface area (Å²) in [4.78, 5) is 11.5. The van der Waals surface area contributed by atoms with Crippen LogP contribution in [0.15, 0.2) is 24.3 Å². The first kappa shape index (κ1) is 17.7. The van der Waals surface area contributed by atoms with Gasteiger partial charge in [-0.1, -0.05) is 6.92 Å². The van der Waals surface area contributed by atoms with Crippen molar-refractivity contribution in [1.82, 2.24) is 5.32 Å². The van der Waals surface area contributed by atoms with E-state index >= 15 is 0 Å². The monoisotopic (exact) mass is 286 g/mol. The molecule has 0 aliphatic rings. The Morgan fingerprint density at radius 3 is 2.47 bits per heavy atom. The highest BCUT2D eigenvalue weighted by Gasteiger charge is 2.03. The molecule has 0 aliphatic carbocycles. The largest absolute Gasteiger partial charge is 0.491 e. The molecule has 0 radical (unpaired) electrons. The SMILES string of the molecule is CCC(C)Oc1ccc(NC(=O)CCNC)cc1.Cl. The Balaban J connectivity index is 0.00000324. The lowest BCUT2D eigenvalue weighted by molar-refractivity contribution is -0.116. The van der Waals surface area contributed by atoms with Crippen molar-refractivity contribution in [3.8, 4) is 5.75 Å². The highest BCUT2D eigenvalue weighted by molar-refractivity contribution is 5.90. The molecule has 4 nitrogen and oxygen atoms in total. The van der Waals surface area contributed by atoms with E-state index < -0.39 is 0 Å². The van der Waals surface area contributed by atoms with Gasteiger partial charge in [0.05, 0.1) is 6.10 Å². The number of rotatable bonds is 7. The molecule has 0 aromatic heterocycles. The lowest BCUT2D eigenvalue weighted by atomic mass is 10.2. The van der Waals surface area contributed by atoms with E-state index in [0.717, 1.165) is 17.9 Å². The van der Waals surface area contributed by atoms with Crippen LogP contribution < -0.4 is 15.4 Å². The van der Waals surface area contributed by atoms with Gasteiger partial charge in [0.2, 0.25) is 5.91 Å². The molecule has 0 fully saturated rings. The molecule has 1 atom stereocenters. The minimum Gasteiger partial charge on any atom is -0.491 e. The summed E-state index contributed by atoms with van der Waals surface area (Å²) in [5.41, 5.74) is 0.799. The van der Waals surface area contributed by atoms with Crippen LogP contribution in [0.4, 0.5) is 5.69 Å². The van der Waals surface area contributed by atoms with Gasteiger partial charge in [-0.15, -0.1) is 12.4 Å². The van der Waals surface area contributed by atoms with E-state index in [0.29, 0.717) is 13.0 Å². The summed E-state index contributed by atoms with van der Waals surface area (Å²) in [6.45, 7) is 4.80. The van der Waals surface area contributed by atoms with Gasteiger partial charge in [0.1, 0.15) is 5.75 Å². The lowest BCUT2D eigenvalue weighted by Gasteiger charge is -2.13. The van der Waals surface area contributed by atoms with Gasteiger partial charge >= 0.3 is 0 Å². The number of amides is 1. The number of carbonyl (C=O) groups is 1. The molecular weight excluding hydrogens is 264 g/mol. The summed E-state index contributed by atoms with van der Waals surface area (Å²) in [5, 5.41) is 5.78. The molecule has 0 saturated heterocycles. The minimum absolute atomic E-state index is 0. The zero-order valence-electron chi connectivity index (χ0n) is 11.7. The molecule has 19 heavy (non-hydrogen) atoms. The molecule has 1 aromatic carbocycles. The molecule has 0 saturated carbocycles. The van der Waals surface area contributed by atoms with E-state index in [1.54, 1.807) is 0 Å². The van der Waals surface area contributed by atoms with Crippen molar-refractivity contribution in [3.05, 3.63) is 24.3 Å². The highest BCUT2D eigenvalue weighted by atomic mass is 35.5. The van der Waals surface area contributed by atoms with Crippen molar-refractivity contribution in [2.75, 3.05) is 18.9 Å². The van der Waals surface area contributed by atoms with Crippen molar-refractivity contribution in [1.29, 1.82) is 0 Å². The second-order valence-electron chi connectivity index (χ2n) is 4.26. The molecule has 0 heterocycles. The Kier molecular flexibility index (Phi) is 9.00. The molecule has 1 unspecified atom stereocenters. The summed E-state index contributed by atoms with van der Waals surface area (Å²) in [6, 6.07) is 7.46. The standard InChI is InChI=1S/C14H22N2O2.ClH/c1-4-11(2)18-13-7-5-12(6-8-13)16-14(17)9-10-15-3;/h5-8,11,15H,4,9-10H2,1-3H3,(H,16,17);1H. The normalized spacial score (nSPS) is 11.3. The van der Waals surface area contributed by atoms with E-state index in [1.165, 1.54) is 0 Å². The average molecular weight is 287 g/mol. The van der Waals surface area contributed by atoms with Crippen molar-refractivity contribution in [2.45, 2.75) is 32.8 Å². The molecule has 0 spiro atoms. The van der Waals surface area contributed by atoms with E-state index in [-0.39, 0.29) is 24.4 Å². The Morgan fingerprint density at radius 2 is 1.95 bits per heavy atom. The van der Waals surface area contributed by atoms with Gasteiger partial charge in [0.25, 0.3) is 0 Å². The van der Waals surface area contributed by atoms with Crippen LogP contribution in [0.2, 0.25) is 0 Å². The predicted molar refractivity (Wildman–Crippen MR) is 81.2 cm³/mol. The molecule has 1 aromatic rings. The van der Waals surface area contributed by atoms with Crippen LogP contribution >= 0.6 is 12.4 Å². The van der Waals surface area contributed by atoms with E-state index in [1.807, 2.05) is 38.2 Å². The zero-order valence-corrected chi connectivity index (χ0v) is 12.5. The summed E-state index contributed by atoms with van der Waals surface area (Å²) in [5.74, 6) is 0.845. The number of benzene rings is 1. The average Bonchev–Trinajstić information content (AvgIpc) is 2.38. The molecule has 1 rings (SSSR count). The molecule has 108 valence electrons. The number of hydrogen-bond donors (Lipinski definition) is 2. The lowest BCUT2D eigenvalue weighted by Crippen LogP contribution is -2.18.